The molecule has 0 aliphatic carbocycles. The van der Waals surface area contributed by atoms with Gasteiger partial charge >= 0.3 is 0 Å². The molecule has 108 valence electrons. The van der Waals surface area contributed by atoms with Crippen LogP contribution in [0.15, 0.2) is 59.7 Å². The summed E-state index contributed by atoms with van der Waals surface area (Å²) in [4.78, 5) is 24.8. The molecule has 3 aromatic rings. The predicted octanol–water partition coefficient (Wildman–Crippen LogP) is 3.97. The first-order valence-corrected chi connectivity index (χ1v) is 7.02. The van der Waals surface area contributed by atoms with Gasteiger partial charge in [-0.25, -0.2) is 4.98 Å². The van der Waals surface area contributed by atoms with Gasteiger partial charge in [0.05, 0.1) is 22.6 Å². The maximum Gasteiger partial charge on any atom is 0.178 e. The Morgan fingerprint density at radius 3 is 2.55 bits per heavy atom. The lowest BCUT2D eigenvalue weighted by molar-refractivity contribution is 0.101. The molecule has 4 heteroatoms. The molecule has 0 saturated carbocycles. The van der Waals surface area contributed by atoms with Gasteiger partial charge in [0, 0.05) is 18.5 Å². The third-order valence-electron chi connectivity index (χ3n) is 3.39. The predicted molar refractivity (Wildman–Crippen MR) is 87.9 cm³/mol. The van der Waals surface area contributed by atoms with E-state index in [4.69, 9.17) is 0 Å². The molecular formula is C18H15N3O. The molecule has 0 spiro atoms. The molecule has 0 saturated heterocycles. The van der Waals surface area contributed by atoms with E-state index >= 15 is 0 Å². The minimum absolute atomic E-state index is 0.0518. The highest BCUT2D eigenvalue weighted by Gasteiger charge is 2.06. The van der Waals surface area contributed by atoms with Crippen molar-refractivity contribution in [3.8, 4) is 0 Å². The van der Waals surface area contributed by atoms with Crippen LogP contribution in [0.4, 0.5) is 5.69 Å². The average molecular weight is 289 g/mol. The van der Waals surface area contributed by atoms with Crippen LogP contribution in [0.2, 0.25) is 0 Å². The van der Waals surface area contributed by atoms with Crippen LogP contribution >= 0.6 is 0 Å². The van der Waals surface area contributed by atoms with Crippen LogP contribution < -0.4 is 0 Å². The number of hydrogen-bond donors (Lipinski definition) is 0. The lowest BCUT2D eigenvalue weighted by Gasteiger charge is -2.04. The number of carbonyl (C=O) groups excluding carboxylic acids is 1. The second-order valence-electron chi connectivity index (χ2n) is 5.01. The number of rotatable bonds is 3. The molecule has 0 amide bonds. The number of para-hydroxylation sites is 1. The van der Waals surface area contributed by atoms with E-state index in [0.29, 0.717) is 11.4 Å². The van der Waals surface area contributed by atoms with Crippen molar-refractivity contribution in [3.63, 3.8) is 0 Å². The van der Waals surface area contributed by atoms with Crippen molar-refractivity contribution in [3.05, 3.63) is 66.1 Å². The Bertz CT molecular complexity index is 879. The minimum Gasteiger partial charge on any atom is -0.293 e. The number of fused-ring (bicyclic) bond motifs is 1. The first-order valence-electron chi connectivity index (χ1n) is 7.02. The van der Waals surface area contributed by atoms with Gasteiger partial charge in [0.25, 0.3) is 0 Å². The van der Waals surface area contributed by atoms with Crippen LogP contribution in [0, 0.1) is 0 Å². The van der Waals surface area contributed by atoms with Crippen LogP contribution in [0.1, 0.15) is 30.0 Å². The Kier molecular flexibility index (Phi) is 3.74. The summed E-state index contributed by atoms with van der Waals surface area (Å²) in [5.74, 6) is -0.0518. The number of ketones is 1. The highest BCUT2D eigenvalue weighted by Crippen LogP contribution is 2.24. The Morgan fingerprint density at radius 1 is 0.955 bits per heavy atom. The summed E-state index contributed by atoms with van der Waals surface area (Å²) in [6, 6.07) is 15.1. The van der Waals surface area contributed by atoms with E-state index in [1.54, 1.807) is 12.3 Å². The summed E-state index contributed by atoms with van der Waals surface area (Å²) < 4.78 is 0. The fourth-order valence-corrected chi connectivity index (χ4v) is 2.25. The van der Waals surface area contributed by atoms with Gasteiger partial charge in [-0.3, -0.25) is 14.8 Å². The number of benzene rings is 1. The normalized spacial score (nSPS) is 11.6. The summed E-state index contributed by atoms with van der Waals surface area (Å²) in [7, 11) is 0. The fraction of sp³-hybridized carbons (Fsp3) is 0.111. The molecule has 2 heterocycles. The first-order chi connectivity index (χ1) is 10.6. The lowest BCUT2D eigenvalue weighted by atomic mass is 10.2. The standard InChI is InChI=1S/C18H15N3O/c1-12(15-8-5-9-16(21-15)13(2)22)20-18-10-11-19-17-7-4-3-6-14(17)18/h3-11H,1-2H3. The Hall–Kier alpha value is -2.88. The second-order valence-corrected chi connectivity index (χ2v) is 5.01. The third-order valence-corrected chi connectivity index (χ3v) is 3.39. The monoisotopic (exact) mass is 289 g/mol. The van der Waals surface area contributed by atoms with Gasteiger partial charge in [-0.05, 0) is 31.2 Å². The second kappa shape index (κ2) is 5.85. The Morgan fingerprint density at radius 2 is 1.73 bits per heavy atom. The highest BCUT2D eigenvalue weighted by atomic mass is 16.1. The van der Waals surface area contributed by atoms with Crippen LogP contribution in [0.5, 0.6) is 0 Å². The molecule has 1 aromatic carbocycles. The molecule has 22 heavy (non-hydrogen) atoms. The number of aromatic nitrogens is 2. The van der Waals surface area contributed by atoms with Gasteiger partial charge in [0.15, 0.2) is 5.78 Å². The van der Waals surface area contributed by atoms with Gasteiger partial charge < -0.3 is 0 Å². The molecule has 0 aliphatic rings. The lowest BCUT2D eigenvalue weighted by Crippen LogP contribution is -2.04. The maximum atomic E-state index is 11.4. The highest BCUT2D eigenvalue weighted by molar-refractivity contribution is 6.02. The van der Waals surface area contributed by atoms with Crippen LogP contribution in [0.3, 0.4) is 0 Å². The molecule has 0 bridgehead atoms. The molecular weight excluding hydrogens is 274 g/mol. The largest absolute Gasteiger partial charge is 0.293 e. The molecule has 0 atom stereocenters. The minimum atomic E-state index is -0.0518. The average Bonchev–Trinajstić information content (AvgIpc) is 2.55. The number of Topliss-reactive ketones (excluding diaryl/α,β-unsaturated/α-hetero) is 1. The van der Waals surface area contributed by atoms with Gasteiger partial charge in [-0.1, -0.05) is 24.3 Å². The van der Waals surface area contributed by atoms with Gasteiger partial charge in [-0.15, -0.1) is 0 Å². The number of aliphatic imine (C=N–C) groups is 1. The van der Waals surface area contributed by atoms with Crippen molar-refractivity contribution in [2.75, 3.05) is 0 Å². The van der Waals surface area contributed by atoms with Crippen LogP contribution in [-0.4, -0.2) is 21.5 Å². The third kappa shape index (κ3) is 2.76. The Labute approximate surface area is 128 Å². The zero-order valence-electron chi connectivity index (χ0n) is 12.4. The summed E-state index contributed by atoms with van der Waals surface area (Å²) in [6.45, 7) is 3.40. The number of hydrogen-bond acceptors (Lipinski definition) is 4. The number of pyridine rings is 2. The summed E-state index contributed by atoms with van der Waals surface area (Å²) >= 11 is 0. The van der Waals surface area contributed by atoms with E-state index in [1.807, 2.05) is 49.4 Å². The molecule has 3 rings (SSSR count). The SMILES string of the molecule is CC(=O)c1cccc(C(C)=Nc2ccnc3ccccc23)n1. The summed E-state index contributed by atoms with van der Waals surface area (Å²) in [5, 5.41) is 0.993. The molecule has 0 aliphatic heterocycles. The van der Waals surface area contributed by atoms with E-state index in [9.17, 15) is 4.79 Å². The van der Waals surface area contributed by atoms with Crippen molar-refractivity contribution < 1.29 is 4.79 Å². The molecule has 4 nitrogen and oxygen atoms in total. The number of carbonyl (C=O) groups is 1. The topological polar surface area (TPSA) is 55.2 Å². The summed E-state index contributed by atoms with van der Waals surface area (Å²) in [5.41, 5.74) is 3.67. The Balaban J connectivity index is 2.07. The van der Waals surface area contributed by atoms with Crippen LogP contribution in [0.25, 0.3) is 10.9 Å². The molecule has 2 aromatic heterocycles. The van der Waals surface area contributed by atoms with Crippen molar-refractivity contribution in [2.45, 2.75) is 13.8 Å². The summed E-state index contributed by atoms with van der Waals surface area (Å²) in [6.07, 6.45) is 1.74. The van der Waals surface area contributed by atoms with Gasteiger partial charge in [-0.2, -0.15) is 0 Å². The zero-order chi connectivity index (χ0) is 15.5. The molecule has 0 radical (unpaired) electrons. The van der Waals surface area contributed by atoms with E-state index in [-0.39, 0.29) is 5.78 Å². The first kappa shape index (κ1) is 14.1. The number of nitrogens with zero attached hydrogens (tertiary/aromatic N) is 3. The molecule has 0 unspecified atom stereocenters. The fourth-order valence-electron chi connectivity index (χ4n) is 2.25. The van der Waals surface area contributed by atoms with Gasteiger partial charge in [0.1, 0.15) is 5.69 Å². The van der Waals surface area contributed by atoms with E-state index in [2.05, 4.69) is 15.0 Å². The zero-order valence-corrected chi connectivity index (χ0v) is 12.4. The van der Waals surface area contributed by atoms with Gasteiger partial charge in [0.2, 0.25) is 0 Å². The van der Waals surface area contributed by atoms with Crippen LogP contribution in [-0.2, 0) is 0 Å². The molecule has 0 fully saturated rings. The van der Waals surface area contributed by atoms with Crippen molar-refractivity contribution in [1.82, 2.24) is 9.97 Å². The quantitative estimate of drug-likeness (QED) is 0.541. The molecule has 0 N–H and O–H groups in total. The van der Waals surface area contributed by atoms with Crippen molar-refractivity contribution in [1.29, 1.82) is 0 Å². The van der Waals surface area contributed by atoms with E-state index < -0.39 is 0 Å². The van der Waals surface area contributed by atoms with E-state index in [0.717, 1.165) is 22.3 Å². The smallest absolute Gasteiger partial charge is 0.178 e. The van der Waals surface area contributed by atoms with Crippen molar-refractivity contribution in [2.24, 2.45) is 4.99 Å². The van der Waals surface area contributed by atoms with Crippen molar-refractivity contribution >= 4 is 28.1 Å². The maximum absolute atomic E-state index is 11.4. The van der Waals surface area contributed by atoms with E-state index in [1.165, 1.54) is 6.92 Å².